The Kier molecular flexibility index (Phi) is 5.23. The number of rotatable bonds is 4. The Labute approximate surface area is 143 Å². The first-order valence-electron chi connectivity index (χ1n) is 6.60. The molecule has 2 aromatic carbocycles. The molecule has 0 spiro atoms. The number of halogens is 4. The number of nitro benzene ring substituents is 1. The summed E-state index contributed by atoms with van der Waals surface area (Å²) in [5.74, 6) is 0. The number of alkyl halides is 3. The van der Waals surface area contributed by atoms with Gasteiger partial charge in [0.05, 0.1) is 16.2 Å². The molecule has 24 heavy (non-hydrogen) atoms. The van der Waals surface area contributed by atoms with E-state index in [1.54, 1.807) is 31.2 Å². The van der Waals surface area contributed by atoms with Crippen molar-refractivity contribution < 1.29 is 18.1 Å². The van der Waals surface area contributed by atoms with Gasteiger partial charge in [-0.2, -0.15) is 18.3 Å². The first kappa shape index (κ1) is 17.9. The van der Waals surface area contributed by atoms with Gasteiger partial charge in [-0.25, -0.2) is 0 Å². The van der Waals surface area contributed by atoms with Crippen LogP contribution >= 0.6 is 15.9 Å². The van der Waals surface area contributed by atoms with E-state index in [4.69, 9.17) is 0 Å². The zero-order valence-corrected chi connectivity index (χ0v) is 13.9. The predicted molar refractivity (Wildman–Crippen MR) is 88.1 cm³/mol. The van der Waals surface area contributed by atoms with Crippen molar-refractivity contribution in [3.63, 3.8) is 0 Å². The lowest BCUT2D eigenvalue weighted by molar-refractivity contribution is -0.384. The van der Waals surface area contributed by atoms with Gasteiger partial charge in [-0.3, -0.25) is 15.5 Å². The number of benzene rings is 2. The number of hydrogen-bond acceptors (Lipinski definition) is 4. The highest BCUT2D eigenvalue weighted by molar-refractivity contribution is 9.10. The lowest BCUT2D eigenvalue weighted by Crippen LogP contribution is -2.07. The van der Waals surface area contributed by atoms with Crippen LogP contribution in [0.4, 0.5) is 24.5 Å². The van der Waals surface area contributed by atoms with Gasteiger partial charge >= 0.3 is 6.18 Å². The summed E-state index contributed by atoms with van der Waals surface area (Å²) in [7, 11) is 0. The van der Waals surface area contributed by atoms with E-state index in [0.717, 1.165) is 22.2 Å². The molecule has 5 nitrogen and oxygen atoms in total. The third-order valence-corrected chi connectivity index (χ3v) is 3.66. The van der Waals surface area contributed by atoms with E-state index in [-0.39, 0.29) is 5.69 Å². The van der Waals surface area contributed by atoms with Crippen LogP contribution < -0.4 is 5.43 Å². The van der Waals surface area contributed by atoms with Gasteiger partial charge in [0, 0.05) is 10.5 Å². The zero-order valence-electron chi connectivity index (χ0n) is 12.3. The number of hydrazone groups is 1. The largest absolute Gasteiger partial charge is 0.416 e. The lowest BCUT2D eigenvalue weighted by atomic mass is 10.1. The minimum atomic E-state index is -4.65. The molecule has 0 bridgehead atoms. The lowest BCUT2D eigenvalue weighted by Gasteiger charge is -2.09. The third-order valence-electron chi connectivity index (χ3n) is 3.13. The first-order valence-corrected chi connectivity index (χ1v) is 7.39. The normalized spacial score (nSPS) is 12.1. The maximum absolute atomic E-state index is 12.7. The number of nitrogens with one attached hydrogen (secondary N) is 1. The average Bonchev–Trinajstić information content (AvgIpc) is 2.52. The molecule has 0 heterocycles. The quantitative estimate of drug-likeness (QED) is 0.434. The van der Waals surface area contributed by atoms with Gasteiger partial charge in [0.2, 0.25) is 0 Å². The molecular weight excluding hydrogens is 391 g/mol. The number of anilines is 1. The second kappa shape index (κ2) is 7.00. The summed E-state index contributed by atoms with van der Waals surface area (Å²) in [5, 5.41) is 15.0. The van der Waals surface area contributed by atoms with Crippen LogP contribution in [-0.2, 0) is 6.18 Å². The average molecular weight is 402 g/mol. The number of hydrogen-bond donors (Lipinski definition) is 1. The second-order valence-corrected chi connectivity index (χ2v) is 5.72. The maximum atomic E-state index is 12.7. The molecule has 0 fully saturated rings. The second-order valence-electron chi connectivity index (χ2n) is 4.80. The molecule has 0 aliphatic carbocycles. The first-order chi connectivity index (χ1) is 11.2. The van der Waals surface area contributed by atoms with Crippen molar-refractivity contribution in [2.75, 3.05) is 5.43 Å². The highest BCUT2D eigenvalue weighted by Gasteiger charge is 2.33. The van der Waals surface area contributed by atoms with E-state index < -0.39 is 22.4 Å². The molecule has 2 rings (SSSR count). The molecule has 2 aromatic rings. The molecular formula is C15H11BrF3N3O2. The van der Waals surface area contributed by atoms with Crippen LogP contribution in [-0.4, -0.2) is 10.6 Å². The van der Waals surface area contributed by atoms with Crippen molar-refractivity contribution in [1.82, 2.24) is 0 Å². The molecule has 0 aromatic heterocycles. The Morgan fingerprint density at radius 1 is 1.21 bits per heavy atom. The van der Waals surface area contributed by atoms with E-state index in [2.05, 4.69) is 26.5 Å². The topological polar surface area (TPSA) is 67.5 Å². The van der Waals surface area contributed by atoms with Crippen molar-refractivity contribution >= 4 is 33.0 Å². The van der Waals surface area contributed by atoms with Gasteiger partial charge in [-0.1, -0.05) is 28.1 Å². The van der Waals surface area contributed by atoms with Crippen LogP contribution in [0.5, 0.6) is 0 Å². The molecule has 9 heteroatoms. The van der Waals surface area contributed by atoms with E-state index in [0.29, 0.717) is 11.8 Å². The zero-order chi connectivity index (χ0) is 17.9. The maximum Gasteiger partial charge on any atom is 0.416 e. The van der Waals surface area contributed by atoms with Crippen molar-refractivity contribution in [3.8, 4) is 0 Å². The van der Waals surface area contributed by atoms with Gasteiger partial charge in [0.25, 0.3) is 5.69 Å². The molecule has 0 radical (unpaired) electrons. The van der Waals surface area contributed by atoms with Gasteiger partial charge in [0.15, 0.2) is 0 Å². The smallest absolute Gasteiger partial charge is 0.271 e. The summed E-state index contributed by atoms with van der Waals surface area (Å²) in [6.45, 7) is 1.67. The fourth-order valence-electron chi connectivity index (χ4n) is 1.85. The number of nitrogens with zero attached hydrogens (tertiary/aromatic N) is 2. The van der Waals surface area contributed by atoms with E-state index in [1.165, 1.54) is 0 Å². The van der Waals surface area contributed by atoms with Gasteiger partial charge < -0.3 is 0 Å². The Balaban J connectivity index is 2.30. The van der Waals surface area contributed by atoms with Gasteiger partial charge in [0.1, 0.15) is 5.69 Å². The Morgan fingerprint density at radius 2 is 1.83 bits per heavy atom. The molecule has 0 atom stereocenters. The molecule has 0 saturated heterocycles. The standard InChI is InChI=1S/C15H11BrF3N3O2/c1-9(10-2-5-12(16)6-3-10)20-21-13-7-4-11(15(17,18)19)8-14(13)22(23)24/h2-8,21H,1H3/b20-9+. The van der Waals surface area contributed by atoms with Crippen LogP contribution in [0.15, 0.2) is 52.0 Å². The summed E-state index contributed by atoms with van der Waals surface area (Å²) < 4.78 is 38.8. The minimum absolute atomic E-state index is 0.121. The van der Waals surface area contributed by atoms with Crippen LogP contribution in [0.3, 0.4) is 0 Å². The summed E-state index contributed by atoms with van der Waals surface area (Å²) in [5.41, 5.74) is 1.83. The van der Waals surface area contributed by atoms with Crippen molar-refractivity contribution in [2.45, 2.75) is 13.1 Å². The fraction of sp³-hybridized carbons (Fsp3) is 0.133. The summed E-state index contributed by atoms with van der Waals surface area (Å²) in [6.07, 6.45) is -4.65. The van der Waals surface area contributed by atoms with Crippen LogP contribution in [0.2, 0.25) is 0 Å². The SMILES string of the molecule is C/C(=N\Nc1ccc(C(F)(F)F)cc1[N+](=O)[O-])c1ccc(Br)cc1. The third kappa shape index (κ3) is 4.31. The molecule has 0 unspecified atom stereocenters. The summed E-state index contributed by atoms with van der Waals surface area (Å²) in [4.78, 5) is 10.1. The van der Waals surface area contributed by atoms with Crippen molar-refractivity contribution in [3.05, 3.63) is 68.2 Å². The van der Waals surface area contributed by atoms with Crippen LogP contribution in [0, 0.1) is 10.1 Å². The Bertz CT molecular complexity index is 790. The Hall–Kier alpha value is -2.42. The van der Waals surface area contributed by atoms with Crippen molar-refractivity contribution in [2.24, 2.45) is 5.10 Å². The van der Waals surface area contributed by atoms with Crippen LogP contribution in [0.1, 0.15) is 18.1 Å². The monoisotopic (exact) mass is 401 g/mol. The highest BCUT2D eigenvalue weighted by Crippen LogP contribution is 2.35. The molecule has 0 aliphatic heterocycles. The van der Waals surface area contributed by atoms with Crippen LogP contribution in [0.25, 0.3) is 0 Å². The molecule has 0 amide bonds. The predicted octanol–water partition coefficient (Wildman–Crippen LogP) is 5.21. The summed E-state index contributed by atoms with van der Waals surface area (Å²) >= 11 is 3.30. The van der Waals surface area contributed by atoms with E-state index in [1.807, 2.05) is 0 Å². The summed E-state index contributed by atoms with van der Waals surface area (Å²) in [6, 6.07) is 9.40. The van der Waals surface area contributed by atoms with Gasteiger partial charge in [-0.05, 0) is 36.8 Å². The van der Waals surface area contributed by atoms with E-state index in [9.17, 15) is 23.3 Å². The van der Waals surface area contributed by atoms with Crippen molar-refractivity contribution in [1.29, 1.82) is 0 Å². The Morgan fingerprint density at radius 3 is 2.38 bits per heavy atom. The fourth-order valence-corrected chi connectivity index (χ4v) is 2.12. The highest BCUT2D eigenvalue weighted by atomic mass is 79.9. The van der Waals surface area contributed by atoms with E-state index >= 15 is 0 Å². The molecule has 126 valence electrons. The molecule has 0 saturated carbocycles. The minimum Gasteiger partial charge on any atom is -0.271 e. The van der Waals surface area contributed by atoms with Gasteiger partial charge in [-0.15, -0.1) is 0 Å². The number of nitro groups is 1. The molecule has 0 aliphatic rings. The molecule has 1 N–H and O–H groups in total.